The van der Waals surface area contributed by atoms with Gasteiger partial charge in [0.1, 0.15) is 18.4 Å². The third kappa shape index (κ3) is 5.70. The first kappa shape index (κ1) is 20.7. The predicted molar refractivity (Wildman–Crippen MR) is 93.4 cm³/mol. The zero-order valence-electron chi connectivity index (χ0n) is 15.0. The average Bonchev–Trinajstić information content (AvgIpc) is 2.65. The molecule has 0 saturated heterocycles. The molecule has 1 unspecified atom stereocenters. The van der Waals surface area contributed by atoms with Crippen LogP contribution in [0.4, 0.5) is 13.2 Å². The van der Waals surface area contributed by atoms with E-state index in [0.717, 1.165) is 17.2 Å². The van der Waals surface area contributed by atoms with E-state index in [0.29, 0.717) is 6.54 Å². The third-order valence-electron chi connectivity index (χ3n) is 4.16. The molecule has 27 heavy (non-hydrogen) atoms. The van der Waals surface area contributed by atoms with Gasteiger partial charge in [-0.25, -0.2) is 4.79 Å². The Kier molecular flexibility index (Phi) is 6.81. The summed E-state index contributed by atoms with van der Waals surface area (Å²) in [4.78, 5) is 17.4. The molecule has 2 N–H and O–H groups in total. The number of hydrogen-bond acceptors (Lipinski definition) is 5. The minimum atomic E-state index is -4.47. The number of likely N-dealkylation sites (N-methyl/N-ethyl adjacent to an activating group) is 1. The first-order chi connectivity index (χ1) is 12.7. The molecule has 0 heterocycles. The number of benzene rings is 2. The number of alkyl halides is 3. The van der Waals surface area contributed by atoms with Crippen LogP contribution in [0.5, 0.6) is 5.75 Å². The first-order valence-corrected chi connectivity index (χ1v) is 8.20. The van der Waals surface area contributed by atoms with Gasteiger partial charge in [-0.2, -0.15) is 19.1 Å². The van der Waals surface area contributed by atoms with Gasteiger partial charge in [0.05, 0.1) is 5.56 Å². The molecule has 0 aliphatic carbocycles. The third-order valence-corrected chi connectivity index (χ3v) is 4.16. The zero-order chi connectivity index (χ0) is 20.0. The lowest BCUT2D eigenvalue weighted by Crippen LogP contribution is -2.37. The van der Waals surface area contributed by atoms with Crippen molar-refractivity contribution < 1.29 is 27.5 Å². The van der Waals surface area contributed by atoms with Crippen molar-refractivity contribution >= 4 is 5.97 Å². The molecule has 0 aromatic heterocycles. The maximum Gasteiger partial charge on any atom is 0.419 e. The summed E-state index contributed by atoms with van der Waals surface area (Å²) in [5.74, 6) is 4.14. The predicted octanol–water partition coefficient (Wildman–Crippen LogP) is 3.52. The van der Waals surface area contributed by atoms with Crippen molar-refractivity contribution in [3.05, 3.63) is 65.2 Å². The lowest BCUT2D eigenvalue weighted by Gasteiger charge is -2.22. The second-order valence-electron chi connectivity index (χ2n) is 6.13. The van der Waals surface area contributed by atoms with Gasteiger partial charge < -0.3 is 9.57 Å². The van der Waals surface area contributed by atoms with Crippen LogP contribution in [0.25, 0.3) is 0 Å². The number of para-hydroxylation sites is 1. The van der Waals surface area contributed by atoms with Crippen LogP contribution >= 0.6 is 0 Å². The molecule has 0 spiro atoms. The summed E-state index contributed by atoms with van der Waals surface area (Å²) in [6.45, 7) is 2.17. The Morgan fingerprint density at radius 1 is 1.11 bits per heavy atom. The van der Waals surface area contributed by atoms with Crippen LogP contribution in [0.1, 0.15) is 23.6 Å². The van der Waals surface area contributed by atoms with Crippen LogP contribution in [0, 0.1) is 0 Å². The van der Waals surface area contributed by atoms with Gasteiger partial charge in [0.15, 0.2) is 0 Å². The van der Waals surface area contributed by atoms with E-state index in [-0.39, 0.29) is 12.4 Å². The normalized spacial score (nSPS) is 12.7. The fourth-order valence-electron chi connectivity index (χ4n) is 2.43. The topological polar surface area (TPSA) is 64.8 Å². The molecule has 0 saturated carbocycles. The van der Waals surface area contributed by atoms with Crippen molar-refractivity contribution in [2.24, 2.45) is 5.90 Å². The average molecular weight is 382 g/mol. The number of carbonyl (C=O) groups excluding carboxylic acids is 1. The Labute approximate surface area is 155 Å². The molecule has 2 aromatic rings. The van der Waals surface area contributed by atoms with Crippen molar-refractivity contribution in [2.45, 2.75) is 32.3 Å². The van der Waals surface area contributed by atoms with E-state index in [9.17, 15) is 18.0 Å². The van der Waals surface area contributed by atoms with E-state index >= 15 is 0 Å². The quantitative estimate of drug-likeness (QED) is 0.743. The lowest BCUT2D eigenvalue weighted by molar-refractivity contribution is -0.149. The van der Waals surface area contributed by atoms with Gasteiger partial charge in [-0.3, -0.25) is 4.90 Å². The van der Waals surface area contributed by atoms with Gasteiger partial charge in [0.25, 0.3) is 0 Å². The SMILES string of the molecule is CC(C(=O)ON)N(C)Cc1ccc(COc2ccccc2C(F)(F)F)cc1. The maximum absolute atomic E-state index is 13.0. The molecule has 2 rings (SSSR count). The fraction of sp³-hybridized carbons (Fsp3) is 0.316. The second kappa shape index (κ2) is 8.88. The highest BCUT2D eigenvalue weighted by atomic mass is 19.4. The molecule has 0 bridgehead atoms. The molecular formula is C19H21F3N2O3. The summed E-state index contributed by atoms with van der Waals surface area (Å²) in [5.41, 5.74) is 0.852. The molecule has 0 amide bonds. The van der Waals surface area contributed by atoms with Crippen molar-refractivity contribution in [1.82, 2.24) is 4.90 Å². The molecule has 8 heteroatoms. The van der Waals surface area contributed by atoms with Gasteiger partial charge in [-0.05, 0) is 37.2 Å². The molecular weight excluding hydrogens is 361 g/mol. The smallest absolute Gasteiger partial charge is 0.419 e. The minimum absolute atomic E-state index is 0.0130. The fourth-order valence-corrected chi connectivity index (χ4v) is 2.43. The van der Waals surface area contributed by atoms with Crippen LogP contribution in [-0.4, -0.2) is 24.0 Å². The number of hydrogen-bond donors (Lipinski definition) is 1. The standard InChI is InChI=1S/C19H21F3N2O3/c1-13(18(25)27-23)24(2)11-14-7-9-15(10-8-14)12-26-17-6-4-3-5-16(17)19(20,21)22/h3-10,13H,11-12,23H2,1-2H3. The highest BCUT2D eigenvalue weighted by Gasteiger charge is 2.34. The van der Waals surface area contributed by atoms with Crippen LogP contribution in [0.15, 0.2) is 48.5 Å². The summed E-state index contributed by atoms with van der Waals surface area (Å²) in [6, 6.07) is 11.8. The van der Waals surface area contributed by atoms with Gasteiger partial charge in [0, 0.05) is 6.54 Å². The minimum Gasteiger partial charge on any atom is -0.488 e. The van der Waals surface area contributed by atoms with E-state index in [1.165, 1.54) is 18.2 Å². The molecule has 0 aliphatic rings. The number of nitrogens with zero attached hydrogens (tertiary/aromatic N) is 1. The Balaban J connectivity index is 1.98. The van der Waals surface area contributed by atoms with Crippen LogP contribution in [0.3, 0.4) is 0 Å². The number of ether oxygens (including phenoxy) is 1. The highest BCUT2D eigenvalue weighted by Crippen LogP contribution is 2.36. The molecule has 0 fully saturated rings. The molecule has 1 atom stereocenters. The van der Waals surface area contributed by atoms with E-state index in [2.05, 4.69) is 4.84 Å². The summed E-state index contributed by atoms with van der Waals surface area (Å²) >= 11 is 0. The molecule has 5 nitrogen and oxygen atoms in total. The maximum atomic E-state index is 13.0. The summed E-state index contributed by atoms with van der Waals surface area (Å²) < 4.78 is 44.3. The first-order valence-electron chi connectivity index (χ1n) is 8.20. The van der Waals surface area contributed by atoms with E-state index in [1.54, 1.807) is 31.0 Å². The van der Waals surface area contributed by atoms with E-state index in [4.69, 9.17) is 10.6 Å². The summed E-state index contributed by atoms with van der Waals surface area (Å²) in [5, 5.41) is 0. The van der Waals surface area contributed by atoms with Gasteiger partial charge in [0.2, 0.25) is 0 Å². The van der Waals surface area contributed by atoms with E-state index in [1.807, 2.05) is 12.1 Å². The Morgan fingerprint density at radius 2 is 1.70 bits per heavy atom. The number of rotatable bonds is 7. The van der Waals surface area contributed by atoms with Gasteiger partial charge in [-0.15, -0.1) is 0 Å². The molecule has 146 valence electrons. The largest absolute Gasteiger partial charge is 0.488 e. The molecule has 0 radical (unpaired) electrons. The zero-order valence-corrected chi connectivity index (χ0v) is 15.0. The monoisotopic (exact) mass is 382 g/mol. The Hall–Kier alpha value is -2.58. The Bertz CT molecular complexity index is 764. The van der Waals surface area contributed by atoms with Crippen molar-refractivity contribution in [1.29, 1.82) is 0 Å². The van der Waals surface area contributed by atoms with E-state index < -0.39 is 23.8 Å². The van der Waals surface area contributed by atoms with Crippen LogP contribution < -0.4 is 10.6 Å². The lowest BCUT2D eigenvalue weighted by atomic mass is 10.1. The van der Waals surface area contributed by atoms with Crippen molar-refractivity contribution in [3.8, 4) is 5.75 Å². The number of carbonyl (C=O) groups is 1. The van der Waals surface area contributed by atoms with Crippen molar-refractivity contribution in [2.75, 3.05) is 7.05 Å². The molecule has 2 aromatic carbocycles. The number of nitrogens with two attached hydrogens (primary N) is 1. The van der Waals surface area contributed by atoms with Crippen LogP contribution in [0.2, 0.25) is 0 Å². The van der Waals surface area contributed by atoms with Crippen LogP contribution in [-0.2, 0) is 29.0 Å². The van der Waals surface area contributed by atoms with Crippen molar-refractivity contribution in [3.63, 3.8) is 0 Å². The summed E-state index contributed by atoms with van der Waals surface area (Å²) in [6.07, 6.45) is -4.47. The van der Waals surface area contributed by atoms with Gasteiger partial charge >= 0.3 is 12.1 Å². The number of halogens is 3. The highest BCUT2D eigenvalue weighted by molar-refractivity contribution is 5.74. The summed E-state index contributed by atoms with van der Waals surface area (Å²) in [7, 11) is 1.76. The van der Waals surface area contributed by atoms with Gasteiger partial charge in [-0.1, -0.05) is 36.4 Å². The second-order valence-corrected chi connectivity index (χ2v) is 6.13. The molecule has 0 aliphatic heterocycles. The Morgan fingerprint density at radius 3 is 2.30 bits per heavy atom.